The average Bonchev–Trinajstić information content (AvgIpc) is 3.38. The van der Waals surface area contributed by atoms with Gasteiger partial charge in [-0.1, -0.05) is 74.5 Å². The molecule has 0 bridgehead atoms. The van der Waals surface area contributed by atoms with Gasteiger partial charge in [0.2, 0.25) is 10.9 Å². The number of ether oxygens (including phenoxy) is 4. The monoisotopic (exact) mass is 1130 g/mol. The SMILES string of the molecule is CCO/C=C(\CC)C(=O)OCC.CCOC(=O)/C(=C/Nc1ccccc1)CC.CCOC(=O)c1c[nH]c2ccccc2c1=O.Nc1ccccc1.O=C(O)c1c[nH]c2ccccc2c1=O.O=C=O.O=C=O.O=P(Cl)(Cl)Cl. The topological polar surface area (TPSA) is 315 Å². The van der Waals surface area contributed by atoms with Crippen molar-refractivity contribution >= 4 is 108 Å². The van der Waals surface area contributed by atoms with Crippen molar-refractivity contribution < 1.29 is 67.0 Å². The number of carbonyl (C=O) groups excluding carboxylic acids is 7. The third-order valence-corrected chi connectivity index (χ3v) is 8.52. The summed E-state index contributed by atoms with van der Waals surface area (Å²) < 4.78 is 29.0. The van der Waals surface area contributed by atoms with Gasteiger partial charge < -0.3 is 45.1 Å². The van der Waals surface area contributed by atoms with E-state index in [1.165, 1.54) is 18.7 Å². The third kappa shape index (κ3) is 31.5. The molecule has 0 fully saturated rings. The van der Waals surface area contributed by atoms with Gasteiger partial charge in [-0.3, -0.25) is 14.2 Å². The van der Waals surface area contributed by atoms with E-state index >= 15 is 0 Å². The molecular formula is C52H58Cl3N4O16P. The van der Waals surface area contributed by atoms with Gasteiger partial charge in [-0.15, -0.1) is 0 Å². The molecular weight excluding hydrogens is 1070 g/mol. The molecule has 76 heavy (non-hydrogen) atoms. The second-order valence-corrected chi connectivity index (χ2v) is 20.2. The molecule has 0 unspecified atom stereocenters. The summed E-state index contributed by atoms with van der Waals surface area (Å²) >= 11 is 13.8. The molecule has 0 spiro atoms. The number of nitrogens with one attached hydrogen (secondary N) is 3. The van der Waals surface area contributed by atoms with Crippen LogP contribution in [-0.4, -0.2) is 77.7 Å². The van der Waals surface area contributed by atoms with E-state index in [2.05, 4.69) is 49.0 Å². The number of rotatable bonds is 13. The number of carboxylic acids is 1. The van der Waals surface area contributed by atoms with Gasteiger partial charge >= 0.3 is 41.4 Å². The van der Waals surface area contributed by atoms with E-state index in [4.69, 9.17) is 49.0 Å². The lowest BCUT2D eigenvalue weighted by molar-refractivity contribution is -0.193. The highest BCUT2D eigenvalue weighted by molar-refractivity contribution is 8.24. The highest BCUT2D eigenvalue weighted by Crippen LogP contribution is 2.61. The predicted octanol–water partition coefficient (Wildman–Crippen LogP) is 10.7. The Labute approximate surface area is 451 Å². The number of aromatic carboxylic acids is 1. The number of hydrogen-bond acceptors (Lipinski definition) is 17. The van der Waals surface area contributed by atoms with E-state index in [-0.39, 0.29) is 47.4 Å². The van der Waals surface area contributed by atoms with Crippen LogP contribution < -0.4 is 21.9 Å². The first kappa shape index (κ1) is 70.0. The van der Waals surface area contributed by atoms with Gasteiger partial charge in [-0.05, 0) is 123 Å². The van der Waals surface area contributed by atoms with Crippen LogP contribution in [0.3, 0.4) is 0 Å². The largest absolute Gasteiger partial charge is 0.501 e. The zero-order valence-electron chi connectivity index (χ0n) is 42.2. The molecule has 24 heteroatoms. The first-order valence-electron chi connectivity index (χ1n) is 22.4. The Morgan fingerprint density at radius 3 is 1.37 bits per heavy atom. The maximum Gasteiger partial charge on any atom is 0.373 e. The van der Waals surface area contributed by atoms with Crippen molar-refractivity contribution in [1.82, 2.24) is 9.97 Å². The molecule has 0 amide bonds. The van der Waals surface area contributed by atoms with Crippen LogP contribution in [0, 0.1) is 0 Å². The maximum absolute atomic E-state index is 11.9. The summed E-state index contributed by atoms with van der Waals surface area (Å²) in [5.74, 6) is -2.34. The third-order valence-electron chi connectivity index (χ3n) is 8.52. The number of anilines is 2. The van der Waals surface area contributed by atoms with Gasteiger partial charge in [-0.2, -0.15) is 19.2 Å². The van der Waals surface area contributed by atoms with E-state index in [1.54, 1.807) is 69.4 Å². The number of para-hydroxylation sites is 4. The summed E-state index contributed by atoms with van der Waals surface area (Å²) in [7, 11) is 0. The van der Waals surface area contributed by atoms with Crippen LogP contribution in [-0.2, 0) is 52.3 Å². The van der Waals surface area contributed by atoms with Gasteiger partial charge in [0.1, 0.15) is 11.1 Å². The molecule has 0 aliphatic rings. The van der Waals surface area contributed by atoms with Crippen molar-refractivity contribution in [2.75, 3.05) is 37.5 Å². The highest BCUT2D eigenvalue weighted by atomic mass is 36.0. The second kappa shape index (κ2) is 42.3. The summed E-state index contributed by atoms with van der Waals surface area (Å²) in [6, 6.07) is 33.0. The Morgan fingerprint density at radius 2 is 0.987 bits per heavy atom. The molecule has 0 atom stereocenters. The second-order valence-electron chi connectivity index (χ2n) is 13.6. The number of carboxylic acid groups (broad SMARTS) is 1. The molecule has 6 aromatic rings. The molecule has 20 nitrogen and oxygen atoms in total. The van der Waals surface area contributed by atoms with Crippen molar-refractivity contribution in [3.63, 3.8) is 0 Å². The number of hydrogen-bond donors (Lipinski definition) is 5. The lowest BCUT2D eigenvalue weighted by Gasteiger charge is -2.05. The van der Waals surface area contributed by atoms with Gasteiger partial charge in [-0.25, -0.2) is 19.2 Å². The Hall–Kier alpha value is -8.08. The number of fused-ring (bicyclic) bond motifs is 2. The van der Waals surface area contributed by atoms with Gasteiger partial charge in [0.05, 0.1) is 43.8 Å². The molecule has 0 saturated carbocycles. The van der Waals surface area contributed by atoms with Crippen LogP contribution in [0.4, 0.5) is 11.4 Å². The van der Waals surface area contributed by atoms with Gasteiger partial charge in [0.25, 0.3) is 0 Å². The molecule has 2 aromatic heterocycles. The maximum atomic E-state index is 11.9. The highest BCUT2D eigenvalue weighted by Gasteiger charge is 2.14. The Morgan fingerprint density at radius 1 is 0.605 bits per heavy atom. The first-order chi connectivity index (χ1) is 36.2. The van der Waals surface area contributed by atoms with Crippen LogP contribution in [0.25, 0.3) is 21.8 Å². The van der Waals surface area contributed by atoms with Crippen molar-refractivity contribution in [1.29, 1.82) is 0 Å². The molecule has 0 aliphatic heterocycles. The fourth-order valence-electron chi connectivity index (χ4n) is 5.22. The van der Waals surface area contributed by atoms with Crippen molar-refractivity contribution in [3.8, 4) is 0 Å². The number of H-pyrrole nitrogens is 2. The molecule has 0 aliphatic carbocycles. The molecule has 0 radical (unpaired) electrons. The summed E-state index contributed by atoms with van der Waals surface area (Å²) in [4.78, 5) is 106. The number of halogens is 3. The molecule has 6 rings (SSSR count). The van der Waals surface area contributed by atoms with Crippen LogP contribution in [0.1, 0.15) is 75.1 Å². The Balaban J connectivity index is 0. The summed E-state index contributed by atoms with van der Waals surface area (Å²) in [6.07, 6.45) is 7.57. The lowest BCUT2D eigenvalue weighted by Crippen LogP contribution is -2.17. The zero-order valence-corrected chi connectivity index (χ0v) is 45.3. The number of aromatic nitrogens is 2. The van der Waals surface area contributed by atoms with Crippen molar-refractivity contribution in [3.05, 3.63) is 177 Å². The van der Waals surface area contributed by atoms with E-state index < -0.39 is 22.6 Å². The van der Waals surface area contributed by atoms with Gasteiger partial charge in [0.15, 0.2) is 0 Å². The number of aromatic amines is 2. The van der Waals surface area contributed by atoms with Crippen LogP contribution in [0.15, 0.2) is 155 Å². The quantitative estimate of drug-likeness (QED) is 0.0179. The van der Waals surface area contributed by atoms with E-state index in [0.717, 1.165) is 11.4 Å². The normalized spacial score (nSPS) is 9.91. The van der Waals surface area contributed by atoms with Crippen molar-refractivity contribution in [2.45, 2.75) is 54.4 Å². The fraction of sp³-hybridized carbons (Fsp3) is 0.231. The molecule has 0 saturated heterocycles. The number of benzene rings is 4. The summed E-state index contributed by atoms with van der Waals surface area (Å²) in [5, 5.41) is 9.44. The fourth-order valence-corrected chi connectivity index (χ4v) is 5.22. The minimum Gasteiger partial charge on any atom is -0.501 e. The number of nitrogen functional groups attached to an aromatic ring is 1. The first-order valence-corrected chi connectivity index (χ1v) is 26.9. The molecule has 4 aromatic carbocycles. The number of pyridine rings is 2. The van der Waals surface area contributed by atoms with Gasteiger partial charge in [0, 0.05) is 51.8 Å². The molecule has 6 N–H and O–H groups in total. The van der Waals surface area contributed by atoms with Crippen molar-refractivity contribution in [2.24, 2.45) is 0 Å². The van der Waals surface area contributed by atoms with Crippen LogP contribution >= 0.6 is 38.9 Å². The number of carbonyl (C=O) groups is 4. The lowest BCUT2D eigenvalue weighted by atomic mass is 10.1. The summed E-state index contributed by atoms with van der Waals surface area (Å²) in [5.41, 5.74) is 8.77. The van der Waals surface area contributed by atoms with Crippen LogP contribution in [0.2, 0.25) is 0 Å². The standard InChI is InChI=1S/C13H17NO2.C12H11NO3.C10H7NO3.C9H16O3.C6H7N.2CO2.Cl3OP/c1-3-11(13(15)16-4-2)10-14-12-8-6-5-7-9-12;1-2-16-12(15)9-7-13-10-6-4-3-5-8(10)11(9)14;12-9-6-3-1-2-4-8(6)11-5-7(9)10(13)14;1-4-8(7-11-5-2)9(10)12-6-3;7-6-4-2-1-3-5-6;2*2-1-3;1-5(2,3)4/h5-10,14H,3-4H2,1-2H3;3-7H,2H2,1H3,(H,13,14);1-5H,(H,11,12)(H,13,14);7H,4-6H2,1-3H3;1-5H,7H2;;;/b11-10+;;;8-7+;;;;. The predicted molar refractivity (Wildman–Crippen MR) is 290 cm³/mol. The Bertz CT molecular complexity index is 2970. The average molecular weight is 1130 g/mol. The number of nitrogens with two attached hydrogens (primary N) is 1. The van der Waals surface area contributed by atoms with E-state index in [0.29, 0.717) is 65.6 Å². The zero-order chi connectivity index (χ0) is 57.9. The van der Waals surface area contributed by atoms with E-state index in [1.807, 2.05) is 87.5 Å². The summed E-state index contributed by atoms with van der Waals surface area (Å²) in [6.45, 7) is 12.6. The Kier molecular flexibility index (Phi) is 39.0. The number of esters is 3. The molecule has 2 heterocycles. The van der Waals surface area contributed by atoms with Crippen LogP contribution in [0.5, 0.6) is 0 Å². The van der Waals surface area contributed by atoms with E-state index in [9.17, 15) is 33.3 Å². The molecule has 408 valence electrons. The minimum atomic E-state index is -3.22. The minimum absolute atomic E-state index is 0.0422. The smallest absolute Gasteiger partial charge is 0.373 e.